The second kappa shape index (κ2) is 9.66. The van der Waals surface area contributed by atoms with Crippen molar-refractivity contribution in [3.8, 4) is 6.07 Å². The van der Waals surface area contributed by atoms with Gasteiger partial charge < -0.3 is 10.0 Å². The summed E-state index contributed by atoms with van der Waals surface area (Å²) in [5.74, 6) is -0.906. The Labute approximate surface area is 190 Å². The van der Waals surface area contributed by atoms with Gasteiger partial charge in [-0.3, -0.25) is 23.9 Å². The van der Waals surface area contributed by atoms with Gasteiger partial charge >= 0.3 is 5.97 Å². The van der Waals surface area contributed by atoms with Gasteiger partial charge in [-0.1, -0.05) is 37.3 Å². The molecule has 1 aromatic rings. The van der Waals surface area contributed by atoms with E-state index in [0.29, 0.717) is 22.6 Å². The molecule has 0 bridgehead atoms. The number of nitrogens with zero attached hydrogens (tertiary/aromatic N) is 4. The number of carbonyl (C=O) groups is 2. The number of aromatic nitrogens is 1. The van der Waals surface area contributed by atoms with Crippen LogP contribution < -0.4 is 10.5 Å². The van der Waals surface area contributed by atoms with Gasteiger partial charge in [0.2, 0.25) is 0 Å². The van der Waals surface area contributed by atoms with Crippen LogP contribution in [0.25, 0.3) is 6.08 Å². The molecule has 1 amide bonds. The molecule has 0 aromatic carbocycles. The molecule has 0 spiro atoms. The summed E-state index contributed by atoms with van der Waals surface area (Å²) >= 11 is 6.24. The van der Waals surface area contributed by atoms with Crippen molar-refractivity contribution in [1.29, 1.82) is 5.26 Å². The average Bonchev–Trinajstić information content (AvgIpc) is 3.34. The van der Waals surface area contributed by atoms with Crippen LogP contribution in [0.2, 0.25) is 0 Å². The number of carbonyl (C=O) groups excluding carboxylic acids is 1. The predicted molar refractivity (Wildman–Crippen MR) is 124 cm³/mol. The number of hydrogen-bond donors (Lipinski definition) is 1. The van der Waals surface area contributed by atoms with Gasteiger partial charge in [-0.15, -0.1) is 0 Å². The van der Waals surface area contributed by atoms with Crippen molar-refractivity contribution in [3.63, 3.8) is 0 Å². The first-order valence-corrected chi connectivity index (χ1v) is 11.4. The Morgan fingerprint density at radius 2 is 2.00 bits per heavy atom. The number of carboxylic acids is 1. The summed E-state index contributed by atoms with van der Waals surface area (Å²) in [7, 11) is 0. The fraction of sp³-hybridized carbons (Fsp3) is 0.476. The van der Waals surface area contributed by atoms with Gasteiger partial charge in [0.05, 0.1) is 4.91 Å². The Morgan fingerprint density at radius 3 is 2.58 bits per heavy atom. The lowest BCUT2D eigenvalue weighted by Gasteiger charge is -2.27. The highest BCUT2D eigenvalue weighted by Crippen LogP contribution is 2.36. The van der Waals surface area contributed by atoms with Crippen LogP contribution in [0.15, 0.2) is 9.70 Å². The summed E-state index contributed by atoms with van der Waals surface area (Å²) in [6.07, 6.45) is 5.34. The van der Waals surface area contributed by atoms with Gasteiger partial charge in [0.1, 0.15) is 28.3 Å². The number of hydrogen-bond acceptors (Lipinski definition) is 7. The molecule has 0 radical (unpaired) electrons. The zero-order chi connectivity index (χ0) is 22.7. The molecule has 3 heterocycles. The highest BCUT2D eigenvalue weighted by atomic mass is 32.2. The van der Waals surface area contributed by atoms with Crippen LogP contribution >= 0.6 is 24.0 Å². The van der Waals surface area contributed by atoms with Crippen molar-refractivity contribution in [2.24, 2.45) is 0 Å². The molecule has 0 unspecified atom stereocenters. The summed E-state index contributed by atoms with van der Waals surface area (Å²) < 4.78 is 1.84. The van der Waals surface area contributed by atoms with Crippen LogP contribution in [0, 0.1) is 18.3 Å². The number of pyridine rings is 1. The van der Waals surface area contributed by atoms with E-state index in [1.165, 1.54) is 0 Å². The Balaban J connectivity index is 2.21. The van der Waals surface area contributed by atoms with E-state index in [1.54, 1.807) is 17.6 Å². The fourth-order valence-electron chi connectivity index (χ4n) is 3.84. The first-order valence-electron chi connectivity index (χ1n) is 10.2. The molecule has 1 N–H and O–H groups in total. The Hall–Kier alpha value is -2.64. The predicted octanol–water partition coefficient (Wildman–Crippen LogP) is 2.71. The Kier molecular flexibility index (Phi) is 7.18. The van der Waals surface area contributed by atoms with Crippen LogP contribution in [0.5, 0.6) is 0 Å². The van der Waals surface area contributed by atoms with Crippen molar-refractivity contribution in [3.05, 3.63) is 31.9 Å². The maximum absolute atomic E-state index is 13.1. The van der Waals surface area contributed by atoms with Gasteiger partial charge in [0.25, 0.3) is 11.5 Å². The molecular formula is C21H24N4O4S2. The number of nitriles is 1. The number of amides is 1. The molecule has 2 aliphatic heterocycles. The second-order valence-electron chi connectivity index (χ2n) is 7.52. The minimum atomic E-state index is -1.15. The van der Waals surface area contributed by atoms with Crippen LogP contribution in [0.4, 0.5) is 5.82 Å². The van der Waals surface area contributed by atoms with Gasteiger partial charge in [0, 0.05) is 25.2 Å². The van der Waals surface area contributed by atoms with E-state index in [2.05, 4.69) is 4.90 Å². The lowest BCUT2D eigenvalue weighted by molar-refractivity contribution is -0.140. The number of rotatable bonds is 7. The summed E-state index contributed by atoms with van der Waals surface area (Å²) in [6.45, 7) is 5.31. The van der Waals surface area contributed by atoms with Crippen LogP contribution in [-0.2, 0) is 16.1 Å². The number of unbranched alkanes of at least 4 members (excludes halogenated alkanes) is 1. The van der Waals surface area contributed by atoms with Crippen LogP contribution in [0.1, 0.15) is 49.3 Å². The van der Waals surface area contributed by atoms with Gasteiger partial charge in [-0.05, 0) is 37.8 Å². The third kappa shape index (κ3) is 4.52. The Bertz CT molecular complexity index is 1060. The molecule has 3 rings (SSSR count). The van der Waals surface area contributed by atoms with E-state index in [9.17, 15) is 19.6 Å². The van der Waals surface area contributed by atoms with Crippen molar-refractivity contribution >= 4 is 52.1 Å². The minimum Gasteiger partial charge on any atom is -0.480 e. The normalized spacial score (nSPS) is 17.6. The third-order valence-corrected chi connectivity index (χ3v) is 6.81. The van der Waals surface area contributed by atoms with E-state index in [0.717, 1.165) is 61.3 Å². The summed E-state index contributed by atoms with van der Waals surface area (Å²) in [4.78, 5) is 40.5. The number of thiocarbonyl (C=S) groups is 1. The lowest BCUT2D eigenvalue weighted by Crippen LogP contribution is -2.34. The summed E-state index contributed by atoms with van der Waals surface area (Å²) in [6, 6.07) is 2.03. The first-order chi connectivity index (χ1) is 14.8. The number of aliphatic carboxylic acids is 1. The molecule has 2 aliphatic rings. The van der Waals surface area contributed by atoms with E-state index >= 15 is 0 Å². The molecule has 2 fully saturated rings. The van der Waals surface area contributed by atoms with Crippen LogP contribution in [0.3, 0.4) is 0 Å². The molecule has 10 heteroatoms. The van der Waals surface area contributed by atoms with Crippen LogP contribution in [-0.4, -0.2) is 50.4 Å². The molecular weight excluding hydrogens is 436 g/mol. The molecule has 0 saturated carbocycles. The lowest BCUT2D eigenvalue weighted by atomic mass is 10.0. The molecule has 0 aliphatic carbocycles. The third-order valence-electron chi connectivity index (χ3n) is 5.43. The van der Waals surface area contributed by atoms with Gasteiger partial charge in [-0.2, -0.15) is 5.26 Å². The molecule has 8 nitrogen and oxygen atoms in total. The maximum atomic E-state index is 13.1. The summed E-state index contributed by atoms with van der Waals surface area (Å²) in [5, 5.41) is 18.7. The SMILES string of the molecule is CCCCn1c(N2CCCC2)c(/C=C2\SC(=S)N(CC(=O)O)C2=O)c(C)c(C#N)c1=O. The highest BCUT2D eigenvalue weighted by Gasteiger charge is 2.34. The minimum absolute atomic E-state index is 0.0614. The summed E-state index contributed by atoms with van der Waals surface area (Å²) in [5.41, 5.74) is 0.910. The zero-order valence-corrected chi connectivity index (χ0v) is 19.1. The van der Waals surface area contributed by atoms with Crippen molar-refractivity contribution in [2.45, 2.75) is 46.1 Å². The Morgan fingerprint density at radius 1 is 1.32 bits per heavy atom. The van der Waals surface area contributed by atoms with E-state index in [-0.39, 0.29) is 15.4 Å². The standard InChI is InChI=1S/C21H24N4O4S2/c1-3-4-9-24-18(23-7-5-6-8-23)14(13(2)15(11-22)19(24)28)10-16-20(29)25(12-17(26)27)21(30)31-16/h10H,3-9,12H2,1-2H3,(H,26,27)/b16-10-. The molecule has 31 heavy (non-hydrogen) atoms. The molecule has 1 aromatic heterocycles. The highest BCUT2D eigenvalue weighted by molar-refractivity contribution is 8.26. The molecule has 164 valence electrons. The smallest absolute Gasteiger partial charge is 0.323 e. The van der Waals surface area contributed by atoms with Gasteiger partial charge in [0.15, 0.2) is 0 Å². The number of thioether (sulfide) groups is 1. The average molecular weight is 461 g/mol. The zero-order valence-electron chi connectivity index (χ0n) is 17.5. The van der Waals surface area contributed by atoms with Crippen molar-refractivity contribution in [1.82, 2.24) is 9.47 Å². The van der Waals surface area contributed by atoms with E-state index < -0.39 is 18.4 Å². The van der Waals surface area contributed by atoms with E-state index in [1.807, 2.05) is 13.0 Å². The molecule has 0 atom stereocenters. The number of carboxylic acid groups (broad SMARTS) is 1. The van der Waals surface area contributed by atoms with Gasteiger partial charge in [-0.25, -0.2) is 0 Å². The monoisotopic (exact) mass is 460 g/mol. The topological polar surface area (TPSA) is 107 Å². The molecule has 2 saturated heterocycles. The van der Waals surface area contributed by atoms with E-state index in [4.69, 9.17) is 17.3 Å². The quantitative estimate of drug-likeness (QED) is 0.489. The van der Waals surface area contributed by atoms with Crippen molar-refractivity contribution < 1.29 is 14.7 Å². The first kappa shape index (κ1) is 23.0. The second-order valence-corrected chi connectivity index (χ2v) is 9.19. The number of anilines is 1. The van der Waals surface area contributed by atoms with Crippen molar-refractivity contribution in [2.75, 3.05) is 24.5 Å². The largest absolute Gasteiger partial charge is 0.480 e. The maximum Gasteiger partial charge on any atom is 0.323 e. The fourth-order valence-corrected chi connectivity index (χ4v) is 5.08.